The molecule has 3 rings (SSSR count). The largest absolute Gasteiger partial charge is 0.465 e. The third kappa shape index (κ3) is 3.77. The number of H-pyrrole nitrogens is 1. The lowest BCUT2D eigenvalue weighted by Crippen LogP contribution is -2.48. The minimum absolute atomic E-state index is 0.0915. The third-order valence-corrected chi connectivity index (χ3v) is 6.65. The second kappa shape index (κ2) is 7.67. The summed E-state index contributed by atoms with van der Waals surface area (Å²) in [4.78, 5) is 16.5. The number of nitrogens with one attached hydrogen (secondary N) is 1. The summed E-state index contributed by atoms with van der Waals surface area (Å²) < 4.78 is 36.9. The van der Waals surface area contributed by atoms with Crippen molar-refractivity contribution in [2.45, 2.75) is 12.0 Å². The van der Waals surface area contributed by atoms with Gasteiger partial charge in [0.05, 0.1) is 12.8 Å². The number of aryl methyl sites for hydroxylation is 1. The summed E-state index contributed by atoms with van der Waals surface area (Å²) in [5.41, 5.74) is 0.754. The lowest BCUT2D eigenvalue weighted by atomic mass is 10.3. The zero-order chi connectivity index (χ0) is 19.8. The van der Waals surface area contributed by atoms with E-state index in [4.69, 9.17) is 27.6 Å². The normalized spacial score (nSPS) is 15.8. The van der Waals surface area contributed by atoms with Crippen LogP contribution in [0.3, 0.4) is 0 Å². The number of halogens is 2. The molecule has 2 aromatic rings. The summed E-state index contributed by atoms with van der Waals surface area (Å²) in [7, 11) is -2.65. The van der Waals surface area contributed by atoms with Crippen molar-refractivity contribution in [1.82, 2.24) is 4.31 Å². The van der Waals surface area contributed by atoms with Crippen LogP contribution >= 0.6 is 23.2 Å². The van der Waals surface area contributed by atoms with Crippen LogP contribution in [-0.4, -0.2) is 52.0 Å². The van der Waals surface area contributed by atoms with E-state index in [1.165, 1.54) is 24.4 Å². The molecule has 0 aliphatic carbocycles. The Bertz CT molecular complexity index is 948. The number of pyridine rings is 1. The first-order valence-electron chi connectivity index (χ1n) is 8.04. The molecule has 146 valence electrons. The van der Waals surface area contributed by atoms with Crippen LogP contribution < -0.4 is 9.88 Å². The van der Waals surface area contributed by atoms with E-state index in [0.29, 0.717) is 28.8 Å². The number of methoxy groups -OCH3 is 1. The zero-order valence-electron chi connectivity index (χ0n) is 14.7. The molecular formula is C16H18Cl2N3O5S+. The average molecular weight is 435 g/mol. The van der Waals surface area contributed by atoms with E-state index >= 15 is 0 Å². The summed E-state index contributed by atoms with van der Waals surface area (Å²) in [6.45, 7) is 2.78. The second-order valence-electron chi connectivity index (χ2n) is 5.92. The van der Waals surface area contributed by atoms with Gasteiger partial charge in [0.1, 0.15) is 21.4 Å². The molecule has 0 unspecified atom stereocenters. The first kappa shape index (κ1) is 19.9. The summed E-state index contributed by atoms with van der Waals surface area (Å²) in [5.74, 6) is -0.453. The monoisotopic (exact) mass is 434 g/mol. The number of carbonyl (C=O) groups is 1. The van der Waals surface area contributed by atoms with E-state index in [9.17, 15) is 13.2 Å². The van der Waals surface area contributed by atoms with E-state index in [0.717, 1.165) is 0 Å². The molecule has 1 fully saturated rings. The molecule has 1 aliphatic rings. The molecule has 11 heteroatoms. The van der Waals surface area contributed by atoms with Gasteiger partial charge in [-0.3, -0.25) is 0 Å². The highest BCUT2D eigenvalue weighted by atomic mass is 35.5. The lowest BCUT2D eigenvalue weighted by Gasteiger charge is -2.35. The molecule has 0 atom stereocenters. The number of esters is 1. The van der Waals surface area contributed by atoms with Crippen molar-refractivity contribution in [3.63, 3.8) is 0 Å². The molecule has 1 saturated heterocycles. The quantitative estimate of drug-likeness (QED) is 0.682. The number of rotatable bonds is 4. The van der Waals surface area contributed by atoms with Crippen molar-refractivity contribution in [3.8, 4) is 0 Å². The number of ether oxygens (including phenoxy) is 1. The third-order valence-electron chi connectivity index (χ3n) is 4.32. The van der Waals surface area contributed by atoms with Crippen molar-refractivity contribution in [2.24, 2.45) is 0 Å². The van der Waals surface area contributed by atoms with Crippen molar-refractivity contribution < 1.29 is 27.4 Å². The maximum atomic E-state index is 12.8. The van der Waals surface area contributed by atoms with Crippen molar-refractivity contribution in [2.75, 3.05) is 38.2 Å². The molecule has 3 heterocycles. The fourth-order valence-electron chi connectivity index (χ4n) is 2.91. The highest BCUT2D eigenvalue weighted by Gasteiger charge is 2.33. The van der Waals surface area contributed by atoms with Crippen LogP contribution in [-0.2, 0) is 14.8 Å². The Morgan fingerprint density at radius 3 is 2.33 bits per heavy atom. The molecule has 8 nitrogen and oxygen atoms in total. The van der Waals surface area contributed by atoms with Gasteiger partial charge in [0, 0.05) is 32.2 Å². The highest BCUT2D eigenvalue weighted by Crippen LogP contribution is 2.33. The Morgan fingerprint density at radius 1 is 1.19 bits per heavy atom. The molecular weight excluding hydrogens is 417 g/mol. The van der Waals surface area contributed by atoms with E-state index in [1.54, 1.807) is 12.4 Å². The van der Waals surface area contributed by atoms with E-state index in [1.807, 2.05) is 4.90 Å². The number of aromatic amines is 1. The van der Waals surface area contributed by atoms with Crippen molar-refractivity contribution in [3.05, 3.63) is 39.8 Å². The fourth-order valence-corrected chi connectivity index (χ4v) is 4.93. The number of hydrogen-bond donors (Lipinski definition) is 0. The number of aromatic nitrogens is 1. The maximum Gasteiger partial charge on any atom is 0.341 e. The molecule has 0 amide bonds. The van der Waals surface area contributed by atoms with Crippen LogP contribution in [0.2, 0.25) is 10.0 Å². The number of nitrogens with zero attached hydrogens (tertiary/aromatic N) is 2. The SMILES string of the molecule is COC(=O)c1cc(S(=O)(=O)N2CCN(c3c(Cl)c[nH+]cc3Cl)CC2)oc1C. The number of piperazine rings is 1. The number of anilines is 1. The lowest BCUT2D eigenvalue weighted by molar-refractivity contribution is -0.377. The van der Waals surface area contributed by atoms with Crippen LogP contribution in [0.5, 0.6) is 0 Å². The number of furan rings is 1. The Balaban J connectivity index is 1.78. The molecule has 0 bridgehead atoms. The molecule has 27 heavy (non-hydrogen) atoms. The van der Waals surface area contributed by atoms with Gasteiger partial charge in [-0.05, 0) is 6.92 Å². The van der Waals surface area contributed by atoms with Crippen LogP contribution in [0, 0.1) is 6.92 Å². The zero-order valence-corrected chi connectivity index (χ0v) is 17.0. The van der Waals surface area contributed by atoms with E-state index in [2.05, 4.69) is 9.72 Å². The van der Waals surface area contributed by atoms with Crippen LogP contribution in [0.4, 0.5) is 5.69 Å². The highest BCUT2D eigenvalue weighted by molar-refractivity contribution is 7.89. The first-order chi connectivity index (χ1) is 12.8. The Labute approximate surface area is 166 Å². The molecule has 0 saturated carbocycles. The second-order valence-corrected chi connectivity index (χ2v) is 8.60. The van der Waals surface area contributed by atoms with Gasteiger partial charge in [-0.15, -0.1) is 0 Å². The first-order valence-corrected chi connectivity index (χ1v) is 10.2. The Morgan fingerprint density at radius 2 is 1.78 bits per heavy atom. The Kier molecular flexibility index (Phi) is 5.66. The van der Waals surface area contributed by atoms with E-state index < -0.39 is 16.0 Å². The van der Waals surface area contributed by atoms with Gasteiger partial charge in [-0.1, -0.05) is 23.2 Å². The molecule has 1 aliphatic heterocycles. The van der Waals surface area contributed by atoms with Crippen LogP contribution in [0.15, 0.2) is 28.0 Å². The van der Waals surface area contributed by atoms with Gasteiger partial charge in [-0.25, -0.2) is 18.2 Å². The van der Waals surface area contributed by atoms with E-state index in [-0.39, 0.29) is 29.5 Å². The summed E-state index contributed by atoms with van der Waals surface area (Å²) in [6, 6.07) is 1.20. The summed E-state index contributed by atoms with van der Waals surface area (Å²) in [6.07, 6.45) is 3.23. The summed E-state index contributed by atoms with van der Waals surface area (Å²) >= 11 is 12.4. The number of hydrogen-bond acceptors (Lipinski definition) is 6. The van der Waals surface area contributed by atoms with Gasteiger partial charge in [-0.2, -0.15) is 4.31 Å². The van der Waals surface area contributed by atoms with Gasteiger partial charge in [0.2, 0.25) is 5.09 Å². The summed E-state index contributed by atoms with van der Waals surface area (Å²) in [5, 5.41) is 0.644. The van der Waals surface area contributed by atoms with Crippen molar-refractivity contribution >= 4 is 44.9 Å². The van der Waals surface area contributed by atoms with Crippen LogP contribution in [0.25, 0.3) is 0 Å². The predicted octanol–water partition coefficient (Wildman–Crippen LogP) is 2.01. The smallest absolute Gasteiger partial charge is 0.341 e. The van der Waals surface area contributed by atoms with Crippen LogP contribution in [0.1, 0.15) is 16.1 Å². The van der Waals surface area contributed by atoms with Crippen molar-refractivity contribution in [1.29, 1.82) is 0 Å². The standard InChI is InChI=1S/C16H17Cl2N3O5S/c1-10-11(16(22)25-2)7-14(26-10)27(23,24)21-5-3-20(4-6-21)15-12(17)8-19-9-13(15)18/h7-9H,3-6H2,1-2H3/p+1. The predicted molar refractivity (Wildman–Crippen MR) is 98.8 cm³/mol. The number of sulfonamides is 1. The molecule has 0 aromatic carbocycles. The molecule has 0 spiro atoms. The van der Waals surface area contributed by atoms with Gasteiger partial charge in [0.25, 0.3) is 10.0 Å². The topological polar surface area (TPSA) is 94.2 Å². The minimum Gasteiger partial charge on any atom is -0.465 e. The Hall–Kier alpha value is -1.81. The number of carbonyl (C=O) groups excluding carboxylic acids is 1. The van der Waals surface area contributed by atoms with Gasteiger partial charge >= 0.3 is 5.97 Å². The molecule has 2 aromatic heterocycles. The molecule has 0 radical (unpaired) electrons. The average Bonchev–Trinajstić information content (AvgIpc) is 3.04. The molecule has 1 N–H and O–H groups in total. The fraction of sp³-hybridized carbons (Fsp3) is 0.375. The minimum atomic E-state index is -3.87. The maximum absolute atomic E-state index is 12.8. The van der Waals surface area contributed by atoms with Gasteiger partial charge in [0.15, 0.2) is 12.4 Å². The van der Waals surface area contributed by atoms with Gasteiger partial charge < -0.3 is 14.1 Å².